The number of hydrogen-bond donors (Lipinski definition) is 1. The van der Waals surface area contributed by atoms with Crippen molar-refractivity contribution >= 4 is 0 Å². The van der Waals surface area contributed by atoms with E-state index in [1.54, 1.807) is 0 Å². The predicted molar refractivity (Wildman–Crippen MR) is 78.4 cm³/mol. The lowest BCUT2D eigenvalue weighted by molar-refractivity contribution is -0.0113. The second-order valence-electron chi connectivity index (χ2n) is 8.18. The van der Waals surface area contributed by atoms with Gasteiger partial charge < -0.3 is 10.3 Å². The van der Waals surface area contributed by atoms with Gasteiger partial charge in [-0.3, -0.25) is 0 Å². The molecule has 1 atom stereocenters. The number of aromatic nitrogens is 2. The average Bonchev–Trinajstić information content (AvgIpc) is 2.80. The zero-order valence-corrected chi connectivity index (χ0v) is 12.2. The summed E-state index contributed by atoms with van der Waals surface area (Å²) in [7, 11) is 0. The van der Waals surface area contributed by atoms with Crippen LogP contribution in [0.3, 0.4) is 0 Å². The number of nitrogens with two attached hydrogens (primary N) is 1. The van der Waals surface area contributed by atoms with Crippen LogP contribution < -0.4 is 5.73 Å². The molecule has 3 nitrogen and oxygen atoms in total. The Kier molecular flexibility index (Phi) is 2.29. The van der Waals surface area contributed by atoms with E-state index in [2.05, 4.69) is 10.8 Å². The van der Waals surface area contributed by atoms with Crippen LogP contribution in [0.25, 0.3) is 0 Å². The van der Waals surface area contributed by atoms with Gasteiger partial charge in [0.1, 0.15) is 5.82 Å². The summed E-state index contributed by atoms with van der Waals surface area (Å²) in [6.45, 7) is 1.01. The molecular weight excluding hydrogens is 246 g/mol. The van der Waals surface area contributed by atoms with Crippen LogP contribution in [0.1, 0.15) is 56.5 Å². The minimum Gasteiger partial charge on any atom is -0.330 e. The fraction of sp³-hybridized carbons (Fsp3) is 0.824. The van der Waals surface area contributed by atoms with Crippen LogP contribution in [-0.4, -0.2) is 15.6 Å². The molecule has 5 aliphatic rings. The van der Waals surface area contributed by atoms with E-state index in [1.807, 2.05) is 0 Å². The van der Waals surface area contributed by atoms with E-state index >= 15 is 0 Å². The molecule has 1 aromatic heterocycles. The topological polar surface area (TPSA) is 43.8 Å². The SMILES string of the molecule is NC1CCc2cnc(C34CC5CC(CC(C5)C3)C4)n2C1. The molecule has 1 unspecified atom stereocenters. The highest BCUT2D eigenvalue weighted by Crippen LogP contribution is 2.60. The van der Waals surface area contributed by atoms with Crippen molar-refractivity contribution in [2.45, 2.75) is 69.4 Å². The Balaban J connectivity index is 1.58. The first-order chi connectivity index (χ1) is 9.72. The quantitative estimate of drug-likeness (QED) is 0.853. The van der Waals surface area contributed by atoms with Crippen molar-refractivity contribution in [2.75, 3.05) is 0 Å². The van der Waals surface area contributed by atoms with Crippen LogP contribution in [0, 0.1) is 17.8 Å². The maximum absolute atomic E-state index is 6.22. The molecule has 20 heavy (non-hydrogen) atoms. The van der Waals surface area contributed by atoms with Gasteiger partial charge in [0.25, 0.3) is 0 Å². The van der Waals surface area contributed by atoms with Gasteiger partial charge in [0, 0.05) is 29.9 Å². The molecule has 4 bridgehead atoms. The fourth-order valence-corrected chi connectivity index (χ4v) is 6.28. The van der Waals surface area contributed by atoms with Gasteiger partial charge in [0.2, 0.25) is 0 Å². The second-order valence-corrected chi connectivity index (χ2v) is 8.18. The molecule has 0 amide bonds. The molecule has 4 saturated carbocycles. The first kappa shape index (κ1) is 11.8. The molecule has 0 spiro atoms. The van der Waals surface area contributed by atoms with Crippen LogP contribution >= 0.6 is 0 Å². The van der Waals surface area contributed by atoms with Gasteiger partial charge in [0.15, 0.2) is 0 Å². The van der Waals surface area contributed by atoms with Crippen LogP contribution in [0.5, 0.6) is 0 Å². The average molecular weight is 271 g/mol. The number of aryl methyl sites for hydroxylation is 1. The van der Waals surface area contributed by atoms with Gasteiger partial charge >= 0.3 is 0 Å². The lowest BCUT2D eigenvalue weighted by atomic mass is 9.49. The van der Waals surface area contributed by atoms with Crippen molar-refractivity contribution in [1.29, 1.82) is 0 Å². The van der Waals surface area contributed by atoms with Crippen molar-refractivity contribution in [3.05, 3.63) is 17.7 Å². The number of fused-ring (bicyclic) bond motifs is 1. The Hall–Kier alpha value is -0.830. The van der Waals surface area contributed by atoms with Gasteiger partial charge in [-0.1, -0.05) is 0 Å². The Morgan fingerprint density at radius 2 is 1.75 bits per heavy atom. The molecule has 1 aliphatic heterocycles. The molecule has 108 valence electrons. The molecule has 3 heteroatoms. The third kappa shape index (κ3) is 1.53. The van der Waals surface area contributed by atoms with Crippen LogP contribution in [0.4, 0.5) is 0 Å². The Morgan fingerprint density at radius 1 is 1.10 bits per heavy atom. The van der Waals surface area contributed by atoms with E-state index in [-0.39, 0.29) is 0 Å². The maximum atomic E-state index is 6.22. The highest BCUT2D eigenvalue weighted by Gasteiger charge is 2.53. The van der Waals surface area contributed by atoms with Gasteiger partial charge in [0.05, 0.1) is 0 Å². The van der Waals surface area contributed by atoms with Crippen molar-refractivity contribution < 1.29 is 0 Å². The largest absolute Gasteiger partial charge is 0.330 e. The molecular formula is C17H25N3. The van der Waals surface area contributed by atoms with Crippen LogP contribution in [-0.2, 0) is 18.4 Å². The molecule has 0 saturated heterocycles. The monoisotopic (exact) mass is 271 g/mol. The molecule has 6 rings (SSSR count). The normalized spacial score (nSPS) is 45.6. The summed E-state index contributed by atoms with van der Waals surface area (Å²) in [5.41, 5.74) is 8.08. The van der Waals surface area contributed by atoms with Gasteiger partial charge in [-0.05, 0) is 69.1 Å². The summed E-state index contributed by atoms with van der Waals surface area (Å²) in [5.74, 6) is 4.39. The number of nitrogens with zero attached hydrogens (tertiary/aromatic N) is 2. The molecule has 4 aliphatic carbocycles. The summed E-state index contributed by atoms with van der Waals surface area (Å²) >= 11 is 0. The van der Waals surface area contributed by atoms with Crippen LogP contribution in [0.15, 0.2) is 6.20 Å². The molecule has 2 N–H and O–H groups in total. The van der Waals surface area contributed by atoms with Crippen molar-refractivity contribution in [3.8, 4) is 0 Å². The smallest absolute Gasteiger partial charge is 0.115 e. The highest BCUT2D eigenvalue weighted by molar-refractivity contribution is 5.22. The molecule has 0 radical (unpaired) electrons. The van der Waals surface area contributed by atoms with E-state index in [0.717, 1.165) is 37.1 Å². The molecule has 4 fully saturated rings. The first-order valence-corrected chi connectivity index (χ1v) is 8.52. The standard InChI is InChI=1S/C17H25N3/c18-14-1-2-15-9-19-16(20(15)10-14)17-6-11-3-12(7-17)5-13(4-11)8-17/h9,11-14H,1-8,10,18H2. The summed E-state index contributed by atoms with van der Waals surface area (Å²) in [6.07, 6.45) is 13.2. The third-order valence-corrected chi connectivity index (χ3v) is 6.64. The predicted octanol–water partition coefficient (Wildman–Crippen LogP) is 2.62. The summed E-state index contributed by atoms with van der Waals surface area (Å²) in [6, 6.07) is 0.337. The van der Waals surface area contributed by atoms with Crippen molar-refractivity contribution in [1.82, 2.24) is 9.55 Å². The van der Waals surface area contributed by atoms with E-state index in [4.69, 9.17) is 10.7 Å². The zero-order valence-electron chi connectivity index (χ0n) is 12.2. The number of rotatable bonds is 1. The fourth-order valence-electron chi connectivity index (χ4n) is 6.28. The van der Waals surface area contributed by atoms with Crippen molar-refractivity contribution in [2.24, 2.45) is 23.5 Å². The number of imidazole rings is 1. The second kappa shape index (κ2) is 3.88. The first-order valence-electron chi connectivity index (χ1n) is 8.52. The Bertz CT molecular complexity index is 509. The lowest BCUT2D eigenvalue weighted by Crippen LogP contribution is -2.50. The van der Waals surface area contributed by atoms with E-state index in [1.165, 1.54) is 50.0 Å². The van der Waals surface area contributed by atoms with E-state index in [9.17, 15) is 0 Å². The number of hydrogen-bond acceptors (Lipinski definition) is 2. The minimum atomic E-state index is 0.337. The lowest BCUT2D eigenvalue weighted by Gasteiger charge is -2.56. The Labute approximate surface area is 120 Å². The molecule has 1 aromatic rings. The van der Waals surface area contributed by atoms with E-state index < -0.39 is 0 Å². The van der Waals surface area contributed by atoms with Gasteiger partial charge in [-0.25, -0.2) is 4.98 Å². The third-order valence-electron chi connectivity index (χ3n) is 6.64. The Morgan fingerprint density at radius 3 is 2.40 bits per heavy atom. The van der Waals surface area contributed by atoms with Crippen LogP contribution in [0.2, 0.25) is 0 Å². The highest BCUT2D eigenvalue weighted by atomic mass is 15.1. The molecule has 0 aromatic carbocycles. The molecule has 2 heterocycles. The van der Waals surface area contributed by atoms with Gasteiger partial charge in [-0.2, -0.15) is 0 Å². The minimum absolute atomic E-state index is 0.337. The maximum Gasteiger partial charge on any atom is 0.115 e. The summed E-state index contributed by atoms with van der Waals surface area (Å²) in [5, 5.41) is 0. The van der Waals surface area contributed by atoms with Crippen molar-refractivity contribution in [3.63, 3.8) is 0 Å². The summed E-state index contributed by atoms with van der Waals surface area (Å²) in [4.78, 5) is 4.93. The zero-order chi connectivity index (χ0) is 13.3. The van der Waals surface area contributed by atoms with E-state index in [0.29, 0.717) is 11.5 Å². The summed E-state index contributed by atoms with van der Waals surface area (Å²) < 4.78 is 2.52. The van der Waals surface area contributed by atoms with Gasteiger partial charge in [-0.15, -0.1) is 0 Å².